The van der Waals surface area contributed by atoms with E-state index >= 15 is 0 Å². The molecule has 0 bridgehead atoms. The highest BCUT2D eigenvalue weighted by Crippen LogP contribution is 2.31. The lowest BCUT2D eigenvalue weighted by molar-refractivity contribution is -0.142. The number of hydrogen-bond acceptors (Lipinski definition) is 5. The van der Waals surface area contributed by atoms with Crippen molar-refractivity contribution in [2.75, 3.05) is 26.2 Å². The van der Waals surface area contributed by atoms with E-state index in [-0.39, 0.29) is 19.5 Å². The molecular weight excluding hydrogens is 444 g/mol. The number of halogens is 6. The van der Waals surface area contributed by atoms with Gasteiger partial charge in [-0.3, -0.25) is 15.1 Å². The maximum atomic E-state index is 12.8. The summed E-state index contributed by atoms with van der Waals surface area (Å²) in [5.74, 6) is -1.01. The second-order valence-corrected chi connectivity index (χ2v) is 8.09. The second kappa shape index (κ2) is 9.22. The van der Waals surface area contributed by atoms with Crippen LogP contribution in [0.5, 0.6) is 0 Å². The van der Waals surface area contributed by atoms with Gasteiger partial charge in [0, 0.05) is 25.2 Å². The Morgan fingerprint density at radius 3 is 2.43 bits per heavy atom. The van der Waals surface area contributed by atoms with Gasteiger partial charge in [-0.2, -0.15) is 30.6 Å². The van der Waals surface area contributed by atoms with Gasteiger partial charge in [0.25, 0.3) is 0 Å². The zero-order valence-electron chi connectivity index (χ0n) is 15.2. The minimum absolute atomic E-state index is 0.0823. The van der Waals surface area contributed by atoms with Gasteiger partial charge in [0.15, 0.2) is 6.61 Å². The molecule has 1 amide bonds. The van der Waals surface area contributed by atoms with Crippen molar-refractivity contribution in [3.8, 4) is 0 Å². The number of alkyl halides is 6. The van der Waals surface area contributed by atoms with Crippen molar-refractivity contribution in [2.24, 2.45) is 0 Å². The van der Waals surface area contributed by atoms with Crippen LogP contribution in [-0.2, 0) is 25.8 Å². The zero-order chi connectivity index (χ0) is 22.6. The maximum Gasteiger partial charge on any atom is 0.416 e. The number of rotatable bonds is 7. The Morgan fingerprint density at radius 1 is 1.17 bits per heavy atom. The van der Waals surface area contributed by atoms with E-state index < -0.39 is 51.9 Å². The highest BCUT2D eigenvalue weighted by Gasteiger charge is 2.33. The van der Waals surface area contributed by atoms with E-state index in [0.717, 1.165) is 22.5 Å². The molecule has 0 saturated heterocycles. The maximum absolute atomic E-state index is 12.8. The Hall–Kier alpha value is -2.32. The monoisotopic (exact) mass is 461 g/mol. The first-order valence-electron chi connectivity index (χ1n) is 8.37. The van der Waals surface area contributed by atoms with Crippen LogP contribution in [0.15, 0.2) is 40.9 Å². The van der Waals surface area contributed by atoms with Crippen molar-refractivity contribution in [3.63, 3.8) is 0 Å². The van der Waals surface area contributed by atoms with E-state index in [9.17, 15) is 39.6 Å². The molecule has 0 fully saturated rings. The van der Waals surface area contributed by atoms with E-state index in [2.05, 4.69) is 5.48 Å². The third-order valence-electron chi connectivity index (χ3n) is 3.86. The summed E-state index contributed by atoms with van der Waals surface area (Å²) >= 11 is 0. The minimum Gasteiger partial charge on any atom is -0.345 e. The van der Waals surface area contributed by atoms with E-state index in [0.29, 0.717) is 11.8 Å². The first-order chi connectivity index (χ1) is 13.8. The molecule has 0 spiro atoms. The largest absolute Gasteiger partial charge is 0.416 e. The summed E-state index contributed by atoms with van der Waals surface area (Å²) in [5, 5.41) is 1.60. The number of hydrogen-bond donors (Lipinski definition) is 2. The van der Waals surface area contributed by atoms with Gasteiger partial charge in [-0.15, -0.1) is 0 Å². The lowest BCUT2D eigenvalue weighted by atomic mass is 10.2. The molecule has 2 N–H and O–H groups in total. The molecule has 30 heavy (non-hydrogen) atoms. The van der Waals surface area contributed by atoms with Gasteiger partial charge in [-0.05, 0) is 24.3 Å². The molecule has 0 aliphatic carbocycles. The normalized spacial score (nSPS) is 16.1. The number of sulfonamides is 1. The van der Waals surface area contributed by atoms with Crippen LogP contribution in [0.25, 0.3) is 0 Å². The van der Waals surface area contributed by atoms with Gasteiger partial charge in [0.05, 0.1) is 10.5 Å². The molecular formula is C16H17F6N3O4S. The third kappa shape index (κ3) is 6.88. The predicted octanol–water partition coefficient (Wildman–Crippen LogP) is 2.18. The van der Waals surface area contributed by atoms with Crippen molar-refractivity contribution in [3.05, 3.63) is 41.6 Å². The number of nitrogens with one attached hydrogen (secondary N) is 2. The molecule has 0 atom stereocenters. The summed E-state index contributed by atoms with van der Waals surface area (Å²) in [5.41, 5.74) is 1.62. The number of nitrogens with zero attached hydrogens (tertiary/aromatic N) is 1. The molecule has 0 aromatic heterocycles. The number of benzene rings is 1. The third-order valence-corrected chi connectivity index (χ3v) is 5.72. The Labute approximate surface area is 167 Å². The molecule has 0 radical (unpaired) electrons. The van der Waals surface area contributed by atoms with Crippen LogP contribution in [0, 0.1) is 0 Å². The number of amides is 1. The highest BCUT2D eigenvalue weighted by atomic mass is 32.2. The topological polar surface area (TPSA) is 87.7 Å². The molecule has 1 aliphatic heterocycles. The molecule has 1 aromatic rings. The van der Waals surface area contributed by atoms with Crippen LogP contribution in [-0.4, -0.2) is 51.0 Å². The zero-order valence-corrected chi connectivity index (χ0v) is 16.0. The van der Waals surface area contributed by atoms with Gasteiger partial charge in [-0.1, -0.05) is 6.07 Å². The second-order valence-electron chi connectivity index (χ2n) is 6.15. The Morgan fingerprint density at radius 2 is 1.87 bits per heavy atom. The molecule has 2 rings (SSSR count). The average Bonchev–Trinajstić information content (AvgIpc) is 2.66. The number of carbonyl (C=O) groups is 1. The summed E-state index contributed by atoms with van der Waals surface area (Å²) in [6.45, 7) is -2.47. The summed E-state index contributed by atoms with van der Waals surface area (Å²) < 4.78 is 100. The van der Waals surface area contributed by atoms with E-state index in [4.69, 9.17) is 4.84 Å². The Balaban J connectivity index is 1.90. The molecule has 1 aromatic carbocycles. The van der Waals surface area contributed by atoms with Gasteiger partial charge in [0.2, 0.25) is 15.9 Å². The van der Waals surface area contributed by atoms with Gasteiger partial charge < -0.3 is 5.32 Å². The van der Waals surface area contributed by atoms with Crippen LogP contribution in [0.4, 0.5) is 26.3 Å². The van der Waals surface area contributed by atoms with Crippen molar-refractivity contribution >= 4 is 15.9 Å². The molecule has 7 nitrogen and oxygen atoms in total. The molecule has 0 saturated carbocycles. The van der Waals surface area contributed by atoms with Gasteiger partial charge in [0.1, 0.15) is 6.54 Å². The van der Waals surface area contributed by atoms with Crippen LogP contribution < -0.4 is 10.8 Å². The first-order valence-corrected chi connectivity index (χ1v) is 9.81. The van der Waals surface area contributed by atoms with Crippen LogP contribution in [0.1, 0.15) is 12.0 Å². The van der Waals surface area contributed by atoms with Crippen LogP contribution >= 0.6 is 0 Å². The molecule has 0 unspecified atom stereocenters. The predicted molar refractivity (Wildman–Crippen MR) is 91.1 cm³/mol. The van der Waals surface area contributed by atoms with Gasteiger partial charge in [-0.25, -0.2) is 8.42 Å². The van der Waals surface area contributed by atoms with E-state index in [1.54, 1.807) is 5.32 Å². The summed E-state index contributed by atoms with van der Waals surface area (Å²) in [6, 6.07) is 3.37. The summed E-state index contributed by atoms with van der Waals surface area (Å²) in [4.78, 5) is 15.5. The summed E-state index contributed by atoms with van der Waals surface area (Å²) in [7, 11) is -4.17. The summed E-state index contributed by atoms with van der Waals surface area (Å²) in [6.07, 6.45) is -7.78. The first kappa shape index (κ1) is 24.0. The average molecular weight is 461 g/mol. The lowest BCUT2D eigenvalue weighted by Gasteiger charge is -2.26. The lowest BCUT2D eigenvalue weighted by Crippen LogP contribution is -2.39. The van der Waals surface area contributed by atoms with Crippen LogP contribution in [0.2, 0.25) is 0 Å². The minimum atomic E-state index is -4.69. The van der Waals surface area contributed by atoms with Crippen molar-refractivity contribution in [2.45, 2.75) is 23.7 Å². The fourth-order valence-corrected chi connectivity index (χ4v) is 3.81. The fourth-order valence-electron chi connectivity index (χ4n) is 2.39. The number of hydroxylamine groups is 1. The quantitative estimate of drug-likeness (QED) is 0.480. The van der Waals surface area contributed by atoms with Gasteiger partial charge >= 0.3 is 12.4 Å². The molecule has 1 heterocycles. The Kier molecular flexibility index (Phi) is 7.36. The fraction of sp³-hybridized carbons (Fsp3) is 0.438. The Bertz CT molecular complexity index is 899. The van der Waals surface area contributed by atoms with E-state index in [1.165, 1.54) is 6.08 Å². The van der Waals surface area contributed by atoms with E-state index in [1.807, 2.05) is 0 Å². The molecule has 168 valence electrons. The SMILES string of the molecule is O=C(CONC1=CCN(S(=O)(=O)c2cccc(C(F)(F)F)c2)CC1)NCC(F)(F)F. The smallest absolute Gasteiger partial charge is 0.345 e. The van der Waals surface area contributed by atoms with Crippen molar-refractivity contribution in [1.29, 1.82) is 0 Å². The number of carbonyl (C=O) groups excluding carboxylic acids is 1. The molecule has 14 heteroatoms. The molecule has 1 aliphatic rings. The standard InChI is InChI=1S/C16H17F6N3O4S/c17-15(18,19)10-23-14(26)9-29-24-12-4-6-25(7-5-12)30(27,28)13-3-1-2-11(8-13)16(20,21)22/h1-4,8,24H,5-7,9-10H2,(H,23,26). The highest BCUT2D eigenvalue weighted by molar-refractivity contribution is 7.89. The van der Waals surface area contributed by atoms with Crippen LogP contribution in [0.3, 0.4) is 0 Å². The van der Waals surface area contributed by atoms with Crippen molar-refractivity contribution < 1.29 is 44.4 Å². The van der Waals surface area contributed by atoms with Crippen molar-refractivity contribution in [1.82, 2.24) is 15.1 Å².